The SMILES string of the molecule is COc1ccc(NC2(c3nnnn3-c3cc(Cl)ccc3C)CCCC2)cc1. The molecule has 2 aromatic carbocycles. The van der Waals surface area contributed by atoms with Gasteiger partial charge in [0.25, 0.3) is 0 Å². The van der Waals surface area contributed by atoms with E-state index in [1.165, 1.54) is 0 Å². The number of ether oxygens (including phenoxy) is 1. The number of aryl methyl sites for hydroxylation is 1. The molecular formula is C20H22ClN5O. The molecule has 3 aromatic rings. The number of hydrogen-bond donors (Lipinski definition) is 1. The van der Waals surface area contributed by atoms with Gasteiger partial charge in [0.15, 0.2) is 5.82 Å². The molecule has 0 amide bonds. The third-order valence-electron chi connectivity index (χ3n) is 5.23. The van der Waals surface area contributed by atoms with Crippen LogP contribution in [0.2, 0.25) is 5.02 Å². The van der Waals surface area contributed by atoms with E-state index in [-0.39, 0.29) is 5.54 Å². The van der Waals surface area contributed by atoms with E-state index in [9.17, 15) is 0 Å². The molecule has 0 saturated heterocycles. The molecular weight excluding hydrogens is 362 g/mol. The van der Waals surface area contributed by atoms with Crippen LogP contribution in [0.15, 0.2) is 42.5 Å². The lowest BCUT2D eigenvalue weighted by Gasteiger charge is -2.30. The van der Waals surface area contributed by atoms with Gasteiger partial charge in [-0.25, -0.2) is 0 Å². The van der Waals surface area contributed by atoms with Crippen molar-refractivity contribution in [3.63, 3.8) is 0 Å². The molecule has 0 atom stereocenters. The minimum atomic E-state index is -0.313. The molecule has 27 heavy (non-hydrogen) atoms. The summed E-state index contributed by atoms with van der Waals surface area (Å²) >= 11 is 6.23. The van der Waals surface area contributed by atoms with Crippen LogP contribution in [0.1, 0.15) is 37.1 Å². The van der Waals surface area contributed by atoms with Crippen LogP contribution in [0, 0.1) is 6.92 Å². The Morgan fingerprint density at radius 3 is 2.56 bits per heavy atom. The Bertz CT molecular complexity index is 932. The lowest BCUT2D eigenvalue weighted by molar-refractivity contribution is 0.414. The molecule has 1 aliphatic carbocycles. The fraction of sp³-hybridized carbons (Fsp3) is 0.350. The summed E-state index contributed by atoms with van der Waals surface area (Å²) in [6, 6.07) is 13.7. The smallest absolute Gasteiger partial charge is 0.181 e. The molecule has 1 aliphatic rings. The van der Waals surface area contributed by atoms with E-state index in [0.717, 1.165) is 54.2 Å². The quantitative estimate of drug-likeness (QED) is 0.702. The van der Waals surface area contributed by atoms with Crippen LogP contribution in [-0.2, 0) is 5.54 Å². The molecule has 0 bridgehead atoms. The Balaban J connectivity index is 1.75. The van der Waals surface area contributed by atoms with Gasteiger partial charge < -0.3 is 10.1 Å². The molecule has 0 unspecified atom stereocenters. The Morgan fingerprint density at radius 2 is 1.85 bits per heavy atom. The Labute approximate surface area is 163 Å². The largest absolute Gasteiger partial charge is 0.497 e. The predicted octanol–water partition coefficient (Wildman–Crippen LogP) is 4.51. The van der Waals surface area contributed by atoms with Crippen LogP contribution >= 0.6 is 11.6 Å². The van der Waals surface area contributed by atoms with E-state index >= 15 is 0 Å². The van der Waals surface area contributed by atoms with Gasteiger partial charge in [-0.05, 0) is 72.2 Å². The normalized spacial score (nSPS) is 15.7. The molecule has 1 N–H and O–H groups in total. The molecule has 0 spiro atoms. The van der Waals surface area contributed by atoms with E-state index in [1.54, 1.807) is 7.11 Å². The van der Waals surface area contributed by atoms with Gasteiger partial charge in [0.05, 0.1) is 18.3 Å². The van der Waals surface area contributed by atoms with Crippen molar-refractivity contribution in [1.82, 2.24) is 20.2 Å². The molecule has 1 aromatic heterocycles. The number of aromatic nitrogens is 4. The molecule has 1 heterocycles. The first-order valence-electron chi connectivity index (χ1n) is 9.09. The fourth-order valence-electron chi connectivity index (χ4n) is 3.79. The molecule has 1 saturated carbocycles. The summed E-state index contributed by atoms with van der Waals surface area (Å²) in [5.41, 5.74) is 2.69. The highest BCUT2D eigenvalue weighted by Gasteiger charge is 2.41. The second-order valence-electron chi connectivity index (χ2n) is 6.99. The zero-order valence-electron chi connectivity index (χ0n) is 15.4. The third-order valence-corrected chi connectivity index (χ3v) is 5.46. The van der Waals surface area contributed by atoms with Crippen LogP contribution in [0.3, 0.4) is 0 Å². The summed E-state index contributed by atoms with van der Waals surface area (Å²) in [7, 11) is 1.67. The van der Waals surface area contributed by atoms with Gasteiger partial charge in [-0.3, -0.25) is 0 Å². The van der Waals surface area contributed by atoms with Crippen molar-refractivity contribution >= 4 is 17.3 Å². The predicted molar refractivity (Wildman–Crippen MR) is 106 cm³/mol. The summed E-state index contributed by atoms with van der Waals surface area (Å²) < 4.78 is 7.08. The number of rotatable bonds is 5. The van der Waals surface area contributed by atoms with Gasteiger partial charge in [-0.15, -0.1) is 5.10 Å². The van der Waals surface area contributed by atoms with Crippen molar-refractivity contribution in [2.45, 2.75) is 38.1 Å². The summed E-state index contributed by atoms with van der Waals surface area (Å²) in [4.78, 5) is 0. The average molecular weight is 384 g/mol. The van der Waals surface area contributed by atoms with E-state index in [2.05, 4.69) is 20.8 Å². The molecule has 6 nitrogen and oxygen atoms in total. The summed E-state index contributed by atoms with van der Waals surface area (Å²) in [6.07, 6.45) is 4.20. The molecule has 140 valence electrons. The van der Waals surface area contributed by atoms with Gasteiger partial charge in [0.1, 0.15) is 5.75 Å². The van der Waals surface area contributed by atoms with Gasteiger partial charge in [0, 0.05) is 10.7 Å². The first-order chi connectivity index (χ1) is 13.1. The number of methoxy groups -OCH3 is 1. The lowest BCUT2D eigenvalue weighted by atomic mass is 9.95. The summed E-state index contributed by atoms with van der Waals surface area (Å²) in [5.74, 6) is 1.65. The van der Waals surface area contributed by atoms with Crippen LogP contribution in [-0.4, -0.2) is 27.3 Å². The molecule has 4 rings (SSSR count). The summed E-state index contributed by atoms with van der Waals surface area (Å²) in [6.45, 7) is 2.04. The van der Waals surface area contributed by atoms with Crippen molar-refractivity contribution in [3.8, 4) is 11.4 Å². The topological polar surface area (TPSA) is 64.9 Å². The second kappa shape index (κ2) is 7.19. The standard InChI is InChI=1S/C20H22ClN5O/c1-14-5-6-15(21)13-18(14)26-19(23-24-25-26)20(11-3-4-12-20)22-16-7-9-17(27-2)10-8-16/h5-10,13,22H,3-4,11-12H2,1-2H3. The average Bonchev–Trinajstić information content (AvgIpc) is 3.34. The first-order valence-corrected chi connectivity index (χ1v) is 9.47. The van der Waals surface area contributed by atoms with Crippen LogP contribution in [0.4, 0.5) is 5.69 Å². The van der Waals surface area contributed by atoms with E-state index < -0.39 is 0 Å². The minimum Gasteiger partial charge on any atom is -0.497 e. The Kier molecular flexibility index (Phi) is 4.74. The number of tetrazole rings is 1. The van der Waals surface area contributed by atoms with E-state index in [1.807, 2.05) is 54.1 Å². The highest BCUT2D eigenvalue weighted by molar-refractivity contribution is 6.30. The maximum Gasteiger partial charge on any atom is 0.181 e. The fourth-order valence-corrected chi connectivity index (χ4v) is 3.96. The van der Waals surface area contributed by atoms with Gasteiger partial charge in [-0.1, -0.05) is 30.5 Å². The Morgan fingerprint density at radius 1 is 1.11 bits per heavy atom. The molecule has 7 heteroatoms. The van der Waals surface area contributed by atoms with Crippen molar-refractivity contribution in [1.29, 1.82) is 0 Å². The third kappa shape index (κ3) is 3.37. The van der Waals surface area contributed by atoms with Gasteiger partial charge in [0.2, 0.25) is 0 Å². The molecule has 0 radical (unpaired) electrons. The monoisotopic (exact) mass is 383 g/mol. The van der Waals surface area contributed by atoms with E-state index in [0.29, 0.717) is 5.02 Å². The zero-order chi connectivity index (χ0) is 18.9. The molecule has 0 aliphatic heterocycles. The van der Waals surface area contributed by atoms with Crippen LogP contribution in [0.5, 0.6) is 5.75 Å². The van der Waals surface area contributed by atoms with Gasteiger partial charge in [-0.2, -0.15) is 4.68 Å². The second-order valence-corrected chi connectivity index (χ2v) is 7.42. The number of nitrogens with zero attached hydrogens (tertiary/aromatic N) is 4. The molecule has 1 fully saturated rings. The first kappa shape index (κ1) is 17.8. The number of nitrogens with one attached hydrogen (secondary N) is 1. The maximum absolute atomic E-state index is 6.23. The van der Waals surface area contributed by atoms with Crippen LogP contribution < -0.4 is 10.1 Å². The van der Waals surface area contributed by atoms with Crippen LogP contribution in [0.25, 0.3) is 5.69 Å². The Hall–Kier alpha value is -2.60. The van der Waals surface area contributed by atoms with E-state index in [4.69, 9.17) is 16.3 Å². The summed E-state index contributed by atoms with van der Waals surface area (Å²) in [5, 5.41) is 17.1. The number of hydrogen-bond acceptors (Lipinski definition) is 5. The van der Waals surface area contributed by atoms with Crippen molar-refractivity contribution in [3.05, 3.63) is 58.9 Å². The highest BCUT2D eigenvalue weighted by Crippen LogP contribution is 2.41. The van der Waals surface area contributed by atoms with Crippen molar-refractivity contribution in [2.75, 3.05) is 12.4 Å². The van der Waals surface area contributed by atoms with Crippen molar-refractivity contribution < 1.29 is 4.74 Å². The highest BCUT2D eigenvalue weighted by atomic mass is 35.5. The minimum absolute atomic E-state index is 0.313. The van der Waals surface area contributed by atoms with Gasteiger partial charge >= 0.3 is 0 Å². The number of anilines is 1. The van der Waals surface area contributed by atoms with Crippen molar-refractivity contribution in [2.24, 2.45) is 0 Å². The lowest BCUT2D eigenvalue weighted by Crippen LogP contribution is -2.35. The zero-order valence-corrected chi connectivity index (χ0v) is 16.2. The number of halogens is 1. The maximum atomic E-state index is 6.23. The number of benzene rings is 2.